The number of hydrogen-bond acceptors (Lipinski definition) is 4. The normalized spacial score (nSPS) is 10.9. The summed E-state index contributed by atoms with van der Waals surface area (Å²) in [4.78, 5) is 14.5. The van der Waals surface area contributed by atoms with E-state index in [1.165, 1.54) is 23.5 Å². The first-order valence-electron chi connectivity index (χ1n) is 9.77. The van der Waals surface area contributed by atoms with E-state index in [0.29, 0.717) is 17.9 Å². The lowest BCUT2D eigenvalue weighted by molar-refractivity contribution is -0.116. The molecule has 3 aromatic rings. The van der Waals surface area contributed by atoms with E-state index in [1.807, 2.05) is 36.4 Å². The topological polar surface area (TPSA) is 69.7 Å². The smallest absolute Gasteiger partial charge is 0.264 e. The minimum absolute atomic E-state index is 0.0146. The Kier molecular flexibility index (Phi) is 7.10. The molecule has 0 fully saturated rings. The van der Waals surface area contributed by atoms with Crippen molar-refractivity contribution >= 4 is 33.0 Å². The van der Waals surface area contributed by atoms with Crippen LogP contribution in [-0.2, 0) is 14.8 Å². The molecule has 0 aliphatic rings. The van der Waals surface area contributed by atoms with Gasteiger partial charge in [-0.15, -0.1) is 6.58 Å². The van der Waals surface area contributed by atoms with E-state index in [2.05, 4.69) is 11.9 Å². The maximum Gasteiger partial charge on any atom is 0.264 e. The third-order valence-corrected chi connectivity index (χ3v) is 6.52. The lowest BCUT2D eigenvalue weighted by atomic mass is 10.2. The van der Waals surface area contributed by atoms with E-state index in [-0.39, 0.29) is 17.3 Å². The second kappa shape index (κ2) is 9.95. The minimum Gasteiger partial charge on any atom is -0.376 e. The summed E-state index contributed by atoms with van der Waals surface area (Å²) in [5, 5.41) is 3.04. The van der Waals surface area contributed by atoms with Crippen molar-refractivity contribution in [3.8, 4) is 0 Å². The highest BCUT2D eigenvalue weighted by Gasteiger charge is 2.21. The summed E-state index contributed by atoms with van der Waals surface area (Å²) >= 11 is 0. The average molecular weight is 436 g/mol. The van der Waals surface area contributed by atoms with Gasteiger partial charge < -0.3 is 10.2 Å². The Morgan fingerprint density at radius 3 is 2.16 bits per heavy atom. The largest absolute Gasteiger partial charge is 0.376 e. The lowest BCUT2D eigenvalue weighted by Gasteiger charge is -2.22. The monoisotopic (exact) mass is 435 g/mol. The van der Waals surface area contributed by atoms with Crippen LogP contribution in [0.25, 0.3) is 0 Å². The van der Waals surface area contributed by atoms with Crippen LogP contribution in [0.2, 0.25) is 0 Å². The van der Waals surface area contributed by atoms with Crippen molar-refractivity contribution in [3.63, 3.8) is 0 Å². The fourth-order valence-electron chi connectivity index (χ4n) is 3.06. The van der Waals surface area contributed by atoms with E-state index >= 15 is 0 Å². The molecule has 0 radical (unpaired) electrons. The summed E-state index contributed by atoms with van der Waals surface area (Å²) in [6.07, 6.45) is 1.66. The summed E-state index contributed by atoms with van der Waals surface area (Å²) in [6.45, 7) is 4.11. The molecule has 0 aliphatic heterocycles. The number of para-hydroxylation sites is 2. The Hall–Kier alpha value is -3.58. The van der Waals surface area contributed by atoms with Gasteiger partial charge in [-0.2, -0.15) is 0 Å². The van der Waals surface area contributed by atoms with Gasteiger partial charge in [0.1, 0.15) is 0 Å². The molecular weight excluding hydrogens is 410 g/mol. The highest BCUT2D eigenvalue weighted by atomic mass is 32.2. The van der Waals surface area contributed by atoms with Crippen LogP contribution < -0.4 is 14.5 Å². The Bertz CT molecular complexity index is 1130. The van der Waals surface area contributed by atoms with Crippen molar-refractivity contribution in [1.29, 1.82) is 0 Å². The summed E-state index contributed by atoms with van der Waals surface area (Å²) in [5.41, 5.74) is 1.89. The van der Waals surface area contributed by atoms with E-state index < -0.39 is 10.0 Å². The minimum atomic E-state index is -3.74. The fraction of sp³-hybridized carbons (Fsp3) is 0.125. The van der Waals surface area contributed by atoms with Crippen molar-refractivity contribution in [2.45, 2.75) is 4.90 Å². The number of amides is 1. The Labute approximate surface area is 183 Å². The molecular formula is C24H25N3O3S. The molecule has 160 valence electrons. The molecule has 0 bridgehead atoms. The molecule has 3 rings (SSSR count). The van der Waals surface area contributed by atoms with Crippen LogP contribution in [0.1, 0.15) is 0 Å². The number of carbonyl (C=O) groups excluding carboxylic acids is 1. The number of nitrogens with zero attached hydrogens (tertiary/aromatic N) is 2. The number of hydrogen-bond donors (Lipinski definition) is 1. The summed E-state index contributed by atoms with van der Waals surface area (Å²) in [7, 11) is -2.22. The quantitative estimate of drug-likeness (QED) is 0.513. The molecule has 7 heteroatoms. The second-order valence-electron chi connectivity index (χ2n) is 6.82. The number of sulfonamides is 1. The van der Waals surface area contributed by atoms with Crippen LogP contribution in [0.5, 0.6) is 0 Å². The number of nitrogens with one attached hydrogen (secondary N) is 1. The van der Waals surface area contributed by atoms with Crippen molar-refractivity contribution in [1.82, 2.24) is 0 Å². The van der Waals surface area contributed by atoms with Crippen LogP contribution in [0.4, 0.5) is 17.1 Å². The Morgan fingerprint density at radius 2 is 1.55 bits per heavy atom. The van der Waals surface area contributed by atoms with Gasteiger partial charge in [-0.05, 0) is 42.5 Å². The maximum atomic E-state index is 13.0. The van der Waals surface area contributed by atoms with Gasteiger partial charge in [-0.1, -0.05) is 48.5 Å². The molecule has 1 amide bonds. The highest BCUT2D eigenvalue weighted by Crippen LogP contribution is 2.23. The zero-order chi connectivity index (χ0) is 22.3. The zero-order valence-electron chi connectivity index (χ0n) is 17.3. The molecule has 1 N–H and O–H groups in total. The van der Waals surface area contributed by atoms with Crippen molar-refractivity contribution in [3.05, 3.63) is 97.6 Å². The number of anilines is 3. The van der Waals surface area contributed by atoms with Crippen LogP contribution in [0, 0.1) is 0 Å². The molecule has 0 aromatic heterocycles. The third kappa shape index (κ3) is 5.32. The first-order chi connectivity index (χ1) is 14.9. The molecule has 0 saturated heterocycles. The SMILES string of the molecule is C=CCN(C(=O)CNc1cccc(S(=O)(=O)N(C)c2ccccc2)c1)c1ccccc1. The van der Waals surface area contributed by atoms with Gasteiger partial charge >= 0.3 is 0 Å². The van der Waals surface area contributed by atoms with Gasteiger partial charge in [-0.25, -0.2) is 8.42 Å². The summed E-state index contributed by atoms with van der Waals surface area (Å²) in [5.74, 6) is -0.152. The third-order valence-electron chi connectivity index (χ3n) is 4.74. The number of carbonyl (C=O) groups is 1. The van der Waals surface area contributed by atoms with E-state index in [1.54, 1.807) is 47.4 Å². The Morgan fingerprint density at radius 1 is 0.935 bits per heavy atom. The van der Waals surface area contributed by atoms with Gasteiger partial charge in [-0.3, -0.25) is 9.10 Å². The highest BCUT2D eigenvalue weighted by molar-refractivity contribution is 7.92. The predicted molar refractivity (Wildman–Crippen MR) is 126 cm³/mol. The molecule has 0 atom stereocenters. The molecule has 31 heavy (non-hydrogen) atoms. The molecule has 0 unspecified atom stereocenters. The van der Waals surface area contributed by atoms with Crippen LogP contribution in [0.15, 0.2) is 102 Å². The molecule has 0 heterocycles. The molecule has 6 nitrogen and oxygen atoms in total. The van der Waals surface area contributed by atoms with Crippen molar-refractivity contribution in [2.75, 3.05) is 34.7 Å². The summed E-state index contributed by atoms with van der Waals surface area (Å²) in [6, 6.07) is 24.6. The first-order valence-corrected chi connectivity index (χ1v) is 11.2. The molecule has 0 saturated carbocycles. The van der Waals surface area contributed by atoms with Gasteiger partial charge in [0.2, 0.25) is 5.91 Å². The molecule has 0 aliphatic carbocycles. The van der Waals surface area contributed by atoms with Gasteiger partial charge in [0.15, 0.2) is 0 Å². The van der Waals surface area contributed by atoms with Crippen molar-refractivity contribution in [2.24, 2.45) is 0 Å². The van der Waals surface area contributed by atoms with E-state index in [0.717, 1.165) is 5.69 Å². The average Bonchev–Trinajstić information content (AvgIpc) is 2.81. The first kappa shape index (κ1) is 22.1. The number of rotatable bonds is 9. The van der Waals surface area contributed by atoms with Crippen LogP contribution in [-0.4, -0.2) is 34.5 Å². The van der Waals surface area contributed by atoms with E-state index in [9.17, 15) is 13.2 Å². The molecule has 0 spiro atoms. The summed E-state index contributed by atoms with van der Waals surface area (Å²) < 4.78 is 27.3. The fourth-order valence-corrected chi connectivity index (χ4v) is 4.30. The van der Waals surface area contributed by atoms with Crippen LogP contribution in [0.3, 0.4) is 0 Å². The standard InChI is InChI=1S/C24H25N3O3S/c1-3-17-27(22-14-8-5-9-15-22)24(28)19-25-20-11-10-16-23(18-20)31(29,30)26(2)21-12-6-4-7-13-21/h3-16,18,25H,1,17,19H2,2H3. The second-order valence-corrected chi connectivity index (χ2v) is 8.79. The van der Waals surface area contributed by atoms with Crippen LogP contribution >= 0.6 is 0 Å². The lowest BCUT2D eigenvalue weighted by Crippen LogP contribution is -2.35. The van der Waals surface area contributed by atoms with Crippen molar-refractivity contribution < 1.29 is 13.2 Å². The van der Waals surface area contributed by atoms with Gasteiger partial charge in [0.05, 0.1) is 17.1 Å². The molecule has 3 aromatic carbocycles. The maximum absolute atomic E-state index is 13.0. The predicted octanol–water partition coefficient (Wildman–Crippen LogP) is 4.14. The van der Waals surface area contributed by atoms with Gasteiger partial charge in [0.25, 0.3) is 10.0 Å². The van der Waals surface area contributed by atoms with Gasteiger partial charge in [0, 0.05) is 25.0 Å². The number of benzene rings is 3. The van der Waals surface area contributed by atoms with E-state index in [4.69, 9.17) is 0 Å². The zero-order valence-corrected chi connectivity index (χ0v) is 18.1. The Balaban J connectivity index is 1.74.